The molecule has 0 fully saturated rings. The third kappa shape index (κ3) is 4.64. The van der Waals surface area contributed by atoms with Crippen LogP contribution in [0.3, 0.4) is 0 Å². The number of hydrogen-bond donors (Lipinski definition) is 2. The van der Waals surface area contributed by atoms with Crippen molar-refractivity contribution in [1.82, 2.24) is 25.0 Å². The van der Waals surface area contributed by atoms with E-state index in [4.69, 9.17) is 9.15 Å². The number of ether oxygens (including phenoxy) is 1. The molecule has 0 spiro atoms. The Kier molecular flexibility index (Phi) is 6.08. The second-order valence-corrected chi connectivity index (χ2v) is 7.79. The fourth-order valence-electron chi connectivity index (χ4n) is 3.11. The van der Waals surface area contributed by atoms with Crippen molar-refractivity contribution in [2.24, 2.45) is 0 Å². The van der Waals surface area contributed by atoms with Gasteiger partial charge in [0.2, 0.25) is 5.91 Å². The molecule has 2 N–H and O–H groups in total. The average Bonchev–Trinajstić information content (AvgIpc) is 3.51. The number of furan rings is 1. The van der Waals surface area contributed by atoms with Crippen LogP contribution >= 0.6 is 11.8 Å². The lowest BCUT2D eigenvalue weighted by Crippen LogP contribution is -2.15. The number of anilines is 1. The van der Waals surface area contributed by atoms with Gasteiger partial charge in [0.1, 0.15) is 11.5 Å². The Bertz CT molecular complexity index is 1160. The molecule has 4 rings (SSSR count). The van der Waals surface area contributed by atoms with Gasteiger partial charge in [0.15, 0.2) is 11.0 Å². The molecule has 0 aliphatic rings. The number of thioether (sulfide) groups is 1. The van der Waals surface area contributed by atoms with Gasteiger partial charge in [-0.05, 0) is 38.1 Å². The van der Waals surface area contributed by atoms with Crippen molar-refractivity contribution in [2.45, 2.75) is 25.5 Å². The largest absolute Gasteiger partial charge is 0.497 e. The van der Waals surface area contributed by atoms with E-state index < -0.39 is 0 Å². The van der Waals surface area contributed by atoms with Crippen LogP contribution in [0.1, 0.15) is 17.1 Å². The third-order valence-electron chi connectivity index (χ3n) is 4.66. The van der Waals surface area contributed by atoms with E-state index in [9.17, 15) is 4.79 Å². The zero-order chi connectivity index (χ0) is 21.8. The summed E-state index contributed by atoms with van der Waals surface area (Å²) in [6.07, 6.45) is 1.63. The Morgan fingerprint density at radius 1 is 1.26 bits per heavy atom. The third-order valence-corrected chi connectivity index (χ3v) is 5.63. The van der Waals surface area contributed by atoms with Crippen molar-refractivity contribution in [1.29, 1.82) is 0 Å². The van der Waals surface area contributed by atoms with E-state index in [1.807, 2.05) is 54.8 Å². The van der Waals surface area contributed by atoms with Crippen molar-refractivity contribution >= 4 is 23.4 Å². The van der Waals surface area contributed by atoms with Crippen molar-refractivity contribution in [3.05, 3.63) is 59.8 Å². The van der Waals surface area contributed by atoms with Crippen LogP contribution < -0.4 is 10.1 Å². The Labute approximate surface area is 183 Å². The molecule has 0 aliphatic carbocycles. The van der Waals surface area contributed by atoms with E-state index >= 15 is 0 Å². The van der Waals surface area contributed by atoms with Crippen molar-refractivity contribution in [3.63, 3.8) is 0 Å². The maximum absolute atomic E-state index is 12.5. The van der Waals surface area contributed by atoms with Gasteiger partial charge in [-0.3, -0.25) is 14.5 Å². The molecular weight excluding hydrogens is 416 g/mol. The number of aromatic nitrogens is 5. The first-order valence-corrected chi connectivity index (χ1v) is 10.6. The first-order chi connectivity index (χ1) is 15.0. The summed E-state index contributed by atoms with van der Waals surface area (Å²) in [7, 11) is 1.62. The van der Waals surface area contributed by atoms with Crippen LogP contribution in [0.2, 0.25) is 0 Å². The quantitative estimate of drug-likeness (QED) is 0.404. The number of benzene rings is 1. The van der Waals surface area contributed by atoms with E-state index in [1.165, 1.54) is 11.8 Å². The lowest BCUT2D eigenvalue weighted by molar-refractivity contribution is -0.113. The van der Waals surface area contributed by atoms with E-state index in [2.05, 4.69) is 25.7 Å². The van der Waals surface area contributed by atoms with Gasteiger partial charge in [0.05, 0.1) is 42.7 Å². The van der Waals surface area contributed by atoms with Crippen LogP contribution in [0.4, 0.5) is 5.69 Å². The number of rotatable bonds is 8. The molecule has 3 aromatic heterocycles. The van der Waals surface area contributed by atoms with E-state index in [0.717, 1.165) is 28.5 Å². The SMILES string of the molecule is COc1cccc(-c2nnc(SCC(=O)Nc3c(C)n[nH]c3C)n2Cc2ccco2)c1. The highest BCUT2D eigenvalue weighted by atomic mass is 32.2. The number of aryl methyl sites for hydroxylation is 2. The minimum atomic E-state index is -0.145. The van der Waals surface area contributed by atoms with Gasteiger partial charge < -0.3 is 14.5 Å². The highest BCUT2D eigenvalue weighted by Gasteiger charge is 2.18. The Morgan fingerprint density at radius 3 is 2.84 bits per heavy atom. The molecule has 0 radical (unpaired) electrons. The molecule has 1 amide bonds. The number of hydrogen-bond acceptors (Lipinski definition) is 7. The van der Waals surface area contributed by atoms with E-state index in [0.29, 0.717) is 23.2 Å². The molecule has 0 bridgehead atoms. The lowest BCUT2D eigenvalue weighted by atomic mass is 10.2. The summed E-state index contributed by atoms with van der Waals surface area (Å²) in [5.41, 5.74) is 3.13. The summed E-state index contributed by atoms with van der Waals surface area (Å²) >= 11 is 1.31. The number of nitrogens with zero attached hydrogens (tertiary/aromatic N) is 4. The van der Waals surface area contributed by atoms with E-state index in [1.54, 1.807) is 13.4 Å². The molecule has 1 aromatic carbocycles. The van der Waals surface area contributed by atoms with Gasteiger partial charge in [-0.1, -0.05) is 23.9 Å². The smallest absolute Gasteiger partial charge is 0.234 e. The number of carbonyl (C=O) groups excluding carboxylic acids is 1. The first kappa shape index (κ1) is 20.7. The molecule has 0 unspecified atom stereocenters. The van der Waals surface area contributed by atoms with Gasteiger partial charge >= 0.3 is 0 Å². The highest BCUT2D eigenvalue weighted by molar-refractivity contribution is 7.99. The molecule has 31 heavy (non-hydrogen) atoms. The topological polar surface area (TPSA) is 111 Å². The Morgan fingerprint density at radius 2 is 2.13 bits per heavy atom. The minimum absolute atomic E-state index is 0.145. The summed E-state index contributed by atoms with van der Waals surface area (Å²) in [5.74, 6) is 2.19. The molecule has 160 valence electrons. The van der Waals surface area contributed by atoms with Crippen LogP contribution in [0.15, 0.2) is 52.2 Å². The molecule has 4 aromatic rings. The minimum Gasteiger partial charge on any atom is -0.497 e. The number of methoxy groups -OCH3 is 1. The Hall–Kier alpha value is -3.53. The van der Waals surface area contributed by atoms with Crippen LogP contribution in [-0.4, -0.2) is 43.7 Å². The molecule has 0 saturated carbocycles. The second-order valence-electron chi connectivity index (χ2n) is 6.85. The molecule has 0 saturated heterocycles. The molecule has 0 aliphatic heterocycles. The molecule has 10 heteroatoms. The summed E-state index contributed by atoms with van der Waals surface area (Å²) in [6.45, 7) is 4.15. The predicted octanol–water partition coefficient (Wildman–Crippen LogP) is 3.67. The average molecular weight is 439 g/mol. The molecule has 0 atom stereocenters. The number of H-pyrrole nitrogens is 1. The summed E-state index contributed by atoms with van der Waals surface area (Å²) < 4.78 is 12.8. The Balaban J connectivity index is 1.56. The summed E-state index contributed by atoms with van der Waals surface area (Å²) in [4.78, 5) is 12.5. The fourth-order valence-corrected chi connectivity index (χ4v) is 3.85. The number of nitrogens with one attached hydrogen (secondary N) is 2. The van der Waals surface area contributed by atoms with E-state index in [-0.39, 0.29) is 11.7 Å². The fraction of sp³-hybridized carbons (Fsp3) is 0.238. The maximum Gasteiger partial charge on any atom is 0.234 e. The second kappa shape index (κ2) is 9.09. The predicted molar refractivity (Wildman–Crippen MR) is 117 cm³/mol. The number of carbonyl (C=O) groups is 1. The van der Waals surface area contributed by atoms with Crippen LogP contribution in [0.25, 0.3) is 11.4 Å². The van der Waals surface area contributed by atoms with Crippen LogP contribution in [0, 0.1) is 13.8 Å². The monoisotopic (exact) mass is 438 g/mol. The maximum atomic E-state index is 12.5. The lowest BCUT2D eigenvalue weighted by Gasteiger charge is -2.10. The number of aromatic amines is 1. The van der Waals surface area contributed by atoms with Crippen molar-refractivity contribution < 1.29 is 13.9 Å². The molecule has 9 nitrogen and oxygen atoms in total. The number of amides is 1. The molecular formula is C21H22N6O3S. The van der Waals surface area contributed by atoms with Crippen LogP contribution in [0.5, 0.6) is 5.75 Å². The van der Waals surface area contributed by atoms with Gasteiger partial charge in [-0.15, -0.1) is 10.2 Å². The summed E-state index contributed by atoms with van der Waals surface area (Å²) in [5, 5.41) is 19.2. The van der Waals surface area contributed by atoms with Gasteiger partial charge in [0, 0.05) is 5.56 Å². The highest BCUT2D eigenvalue weighted by Crippen LogP contribution is 2.28. The van der Waals surface area contributed by atoms with Gasteiger partial charge in [-0.25, -0.2) is 0 Å². The zero-order valence-electron chi connectivity index (χ0n) is 17.4. The molecule has 3 heterocycles. The van der Waals surface area contributed by atoms with Gasteiger partial charge in [0.25, 0.3) is 0 Å². The standard InChI is InChI=1S/C21H22N6O3S/c1-13-19(14(2)24-23-13)22-18(28)12-31-21-26-25-20(15-6-4-7-16(10-15)29-3)27(21)11-17-8-5-9-30-17/h4-10H,11-12H2,1-3H3,(H,22,28)(H,23,24). The van der Waals surface area contributed by atoms with Gasteiger partial charge in [-0.2, -0.15) is 5.10 Å². The summed E-state index contributed by atoms with van der Waals surface area (Å²) in [6, 6.07) is 11.3. The normalized spacial score (nSPS) is 10.9. The van der Waals surface area contributed by atoms with Crippen molar-refractivity contribution in [2.75, 3.05) is 18.2 Å². The first-order valence-electron chi connectivity index (χ1n) is 9.59. The zero-order valence-corrected chi connectivity index (χ0v) is 18.2. The van der Waals surface area contributed by atoms with Crippen molar-refractivity contribution in [3.8, 4) is 17.1 Å². The van der Waals surface area contributed by atoms with Crippen LogP contribution in [-0.2, 0) is 11.3 Å².